The lowest BCUT2D eigenvalue weighted by Crippen LogP contribution is -2.43. The molecule has 2 rings (SSSR count). The Morgan fingerprint density at radius 2 is 1.66 bits per heavy atom. The van der Waals surface area contributed by atoms with Gasteiger partial charge in [-0.15, -0.1) is 0 Å². The molecule has 0 aromatic heterocycles. The van der Waals surface area contributed by atoms with Crippen molar-refractivity contribution >= 4 is 35.0 Å². The van der Waals surface area contributed by atoms with E-state index < -0.39 is 0 Å². The Balaban J connectivity index is 1.80. The average molecular weight is 414 g/mol. The third-order valence-electron chi connectivity index (χ3n) is 4.14. The number of amides is 3. The number of benzene rings is 2. The molecule has 8 heteroatoms. The average Bonchev–Trinajstić information content (AvgIpc) is 2.67. The summed E-state index contributed by atoms with van der Waals surface area (Å²) < 4.78 is 0. The fourth-order valence-electron chi connectivity index (χ4n) is 2.44. The maximum absolute atomic E-state index is 12.3. The molecule has 0 radical (unpaired) electrons. The molecule has 0 bridgehead atoms. The summed E-state index contributed by atoms with van der Waals surface area (Å²) in [6.07, 6.45) is 0. The molecule has 0 aliphatic carbocycles. The first kappa shape index (κ1) is 22.2. The van der Waals surface area contributed by atoms with Crippen LogP contribution in [0, 0.1) is 13.8 Å². The lowest BCUT2D eigenvalue weighted by Gasteiger charge is -2.13. The summed E-state index contributed by atoms with van der Waals surface area (Å²) in [5.41, 5.74) is 9.81. The van der Waals surface area contributed by atoms with E-state index >= 15 is 0 Å². The van der Waals surface area contributed by atoms with E-state index in [4.69, 9.17) is 12.2 Å². The maximum Gasteiger partial charge on any atom is 0.315 e. The van der Waals surface area contributed by atoms with Gasteiger partial charge in [0.15, 0.2) is 5.11 Å². The monoisotopic (exact) mass is 413 g/mol. The van der Waals surface area contributed by atoms with Crippen LogP contribution < -0.4 is 26.8 Å². The molecular weight excluding hydrogens is 386 g/mol. The predicted octanol–water partition coefficient (Wildman–Crippen LogP) is 3.14. The van der Waals surface area contributed by atoms with E-state index in [-0.39, 0.29) is 18.0 Å². The number of hydrogen-bond donors (Lipinski definition) is 5. The topological polar surface area (TPSA) is 94.3 Å². The van der Waals surface area contributed by atoms with E-state index in [1.807, 2.05) is 45.9 Å². The molecule has 0 saturated heterocycles. The molecular formula is C21H27N5O2S. The van der Waals surface area contributed by atoms with Gasteiger partial charge in [0.05, 0.1) is 0 Å². The second-order valence-corrected chi connectivity index (χ2v) is 7.42. The number of rotatable bonds is 5. The number of urea groups is 1. The number of hydrogen-bond acceptors (Lipinski definition) is 3. The van der Waals surface area contributed by atoms with Gasteiger partial charge in [-0.25, -0.2) is 4.79 Å². The van der Waals surface area contributed by atoms with Gasteiger partial charge in [-0.05, 0) is 80.9 Å². The third-order valence-corrected chi connectivity index (χ3v) is 4.35. The van der Waals surface area contributed by atoms with Gasteiger partial charge < -0.3 is 16.0 Å². The van der Waals surface area contributed by atoms with E-state index in [1.54, 1.807) is 24.3 Å². The molecule has 0 saturated carbocycles. The highest BCUT2D eigenvalue weighted by Crippen LogP contribution is 2.13. The van der Waals surface area contributed by atoms with Crippen LogP contribution in [0.2, 0.25) is 0 Å². The second kappa shape index (κ2) is 10.4. The lowest BCUT2D eigenvalue weighted by molar-refractivity contribution is 0.0944. The van der Waals surface area contributed by atoms with Crippen molar-refractivity contribution < 1.29 is 9.59 Å². The third kappa shape index (κ3) is 7.42. The molecule has 0 aliphatic heterocycles. The largest absolute Gasteiger partial charge is 0.336 e. The number of carbonyl (C=O) groups is 2. The normalized spacial score (nSPS) is 10.2. The molecule has 0 unspecified atom stereocenters. The van der Waals surface area contributed by atoms with Crippen LogP contribution in [-0.4, -0.2) is 23.1 Å². The molecule has 3 amide bonds. The lowest BCUT2D eigenvalue weighted by atomic mass is 10.1. The van der Waals surface area contributed by atoms with E-state index in [9.17, 15) is 9.59 Å². The highest BCUT2D eigenvalue weighted by atomic mass is 32.1. The van der Waals surface area contributed by atoms with Gasteiger partial charge in [0.1, 0.15) is 0 Å². The molecule has 2 aromatic rings. The summed E-state index contributed by atoms with van der Waals surface area (Å²) in [4.78, 5) is 23.9. The van der Waals surface area contributed by atoms with Crippen molar-refractivity contribution in [2.24, 2.45) is 0 Å². The zero-order valence-electron chi connectivity index (χ0n) is 17.1. The zero-order chi connectivity index (χ0) is 21.4. The van der Waals surface area contributed by atoms with Crippen LogP contribution in [0.5, 0.6) is 0 Å². The SMILES string of the molecule is Cc1ccc(NC(=S)NNC(=O)c2ccc(CNC(=O)NC(C)C)cc2)cc1C. The standard InChI is InChI=1S/C21H27N5O2S/c1-13(2)23-20(28)22-12-16-6-8-17(9-7-16)19(27)25-26-21(29)24-18-10-5-14(3)15(4)11-18/h5-11,13H,12H2,1-4H3,(H,25,27)(H2,22,23,28)(H2,24,26,29). The molecule has 7 nitrogen and oxygen atoms in total. The molecule has 2 aromatic carbocycles. The molecule has 0 aliphatic rings. The maximum atomic E-state index is 12.3. The van der Waals surface area contributed by atoms with Gasteiger partial charge in [-0.3, -0.25) is 15.6 Å². The van der Waals surface area contributed by atoms with Crippen molar-refractivity contribution in [2.45, 2.75) is 40.3 Å². The fraction of sp³-hybridized carbons (Fsp3) is 0.286. The van der Waals surface area contributed by atoms with Crippen LogP contribution in [-0.2, 0) is 6.54 Å². The van der Waals surface area contributed by atoms with Crippen LogP contribution >= 0.6 is 12.2 Å². The van der Waals surface area contributed by atoms with Crippen LogP contribution in [0.25, 0.3) is 0 Å². The molecule has 0 atom stereocenters. The molecule has 0 spiro atoms. The quantitative estimate of drug-likeness (QED) is 0.384. The highest BCUT2D eigenvalue weighted by Gasteiger charge is 2.07. The van der Waals surface area contributed by atoms with Gasteiger partial charge in [-0.1, -0.05) is 18.2 Å². The number of thiocarbonyl (C=S) groups is 1. The van der Waals surface area contributed by atoms with E-state index in [0.29, 0.717) is 17.2 Å². The van der Waals surface area contributed by atoms with E-state index in [2.05, 4.69) is 26.8 Å². The Bertz CT molecular complexity index is 881. The van der Waals surface area contributed by atoms with Gasteiger partial charge in [0.25, 0.3) is 5.91 Å². The van der Waals surface area contributed by atoms with Crippen LogP contribution in [0.1, 0.15) is 40.9 Å². The zero-order valence-corrected chi connectivity index (χ0v) is 17.9. The minimum absolute atomic E-state index is 0.0733. The number of aryl methyl sites for hydroxylation is 2. The number of nitrogens with one attached hydrogen (secondary N) is 5. The summed E-state index contributed by atoms with van der Waals surface area (Å²) >= 11 is 5.21. The van der Waals surface area contributed by atoms with Crippen molar-refractivity contribution in [3.8, 4) is 0 Å². The van der Waals surface area contributed by atoms with Crippen LogP contribution in [0.15, 0.2) is 42.5 Å². The first-order valence-corrected chi connectivity index (χ1v) is 9.73. The molecule has 5 N–H and O–H groups in total. The second-order valence-electron chi connectivity index (χ2n) is 7.01. The Morgan fingerprint density at radius 1 is 0.966 bits per heavy atom. The summed E-state index contributed by atoms with van der Waals surface area (Å²) in [7, 11) is 0. The van der Waals surface area contributed by atoms with Crippen LogP contribution in [0.4, 0.5) is 10.5 Å². The van der Waals surface area contributed by atoms with Crippen molar-refractivity contribution in [3.63, 3.8) is 0 Å². The molecule has 154 valence electrons. The number of hydrazine groups is 1. The first-order valence-electron chi connectivity index (χ1n) is 9.32. The Morgan fingerprint density at radius 3 is 2.28 bits per heavy atom. The van der Waals surface area contributed by atoms with Crippen LogP contribution in [0.3, 0.4) is 0 Å². The fourth-order valence-corrected chi connectivity index (χ4v) is 2.61. The van der Waals surface area contributed by atoms with E-state index in [1.165, 1.54) is 5.56 Å². The summed E-state index contributed by atoms with van der Waals surface area (Å²) in [6, 6.07) is 12.7. The van der Waals surface area contributed by atoms with Crippen molar-refractivity contribution in [1.82, 2.24) is 21.5 Å². The van der Waals surface area contributed by atoms with Gasteiger partial charge in [0, 0.05) is 23.8 Å². The van der Waals surface area contributed by atoms with Gasteiger partial charge >= 0.3 is 6.03 Å². The Kier molecular flexibility index (Phi) is 7.97. The minimum atomic E-state index is -0.314. The number of anilines is 1. The highest BCUT2D eigenvalue weighted by molar-refractivity contribution is 7.80. The summed E-state index contributed by atoms with van der Waals surface area (Å²) in [6.45, 7) is 8.23. The summed E-state index contributed by atoms with van der Waals surface area (Å²) in [5, 5.41) is 8.83. The smallest absolute Gasteiger partial charge is 0.315 e. The summed E-state index contributed by atoms with van der Waals surface area (Å²) in [5.74, 6) is -0.314. The Hall–Kier alpha value is -3.13. The van der Waals surface area contributed by atoms with Crippen molar-refractivity contribution in [3.05, 3.63) is 64.7 Å². The molecule has 0 heterocycles. The predicted molar refractivity (Wildman–Crippen MR) is 120 cm³/mol. The minimum Gasteiger partial charge on any atom is -0.336 e. The van der Waals surface area contributed by atoms with Crippen molar-refractivity contribution in [2.75, 3.05) is 5.32 Å². The van der Waals surface area contributed by atoms with Gasteiger partial charge in [0.2, 0.25) is 0 Å². The van der Waals surface area contributed by atoms with Gasteiger partial charge in [-0.2, -0.15) is 0 Å². The van der Waals surface area contributed by atoms with Crippen molar-refractivity contribution in [1.29, 1.82) is 0 Å². The molecule has 29 heavy (non-hydrogen) atoms. The van der Waals surface area contributed by atoms with E-state index in [0.717, 1.165) is 16.8 Å². The first-order chi connectivity index (χ1) is 13.7. The Labute approximate surface area is 176 Å². The molecule has 0 fully saturated rings. The number of carbonyl (C=O) groups excluding carboxylic acids is 2.